The quantitative estimate of drug-likeness (QED) is 0.339. The molecular weight excluding hydrogens is 506 g/mol. The zero-order valence-corrected chi connectivity index (χ0v) is 23.2. The van der Waals surface area contributed by atoms with Crippen LogP contribution in [0.25, 0.3) is 5.70 Å². The molecule has 0 atom stereocenters. The van der Waals surface area contributed by atoms with Gasteiger partial charge < -0.3 is 25.3 Å². The first-order valence-corrected chi connectivity index (χ1v) is 13.3. The third-order valence-corrected chi connectivity index (χ3v) is 7.08. The molecule has 1 aliphatic heterocycles. The van der Waals surface area contributed by atoms with Gasteiger partial charge in [-0.1, -0.05) is 6.92 Å². The van der Waals surface area contributed by atoms with E-state index in [0.717, 1.165) is 24.5 Å². The van der Waals surface area contributed by atoms with Gasteiger partial charge in [0.15, 0.2) is 0 Å². The number of carboxylic acids is 1. The fraction of sp³-hybridized carbons (Fsp3) is 0.536. The zero-order valence-electron chi connectivity index (χ0n) is 23.2. The van der Waals surface area contributed by atoms with Crippen molar-refractivity contribution in [2.24, 2.45) is 17.5 Å². The Labute approximate surface area is 228 Å². The standard InChI is InChI=1S/C26H36F2N6O.C2H4O2/c1-4-20-22(34-12-5-11-26(27,28)16-34)9-8-21(31-20)24(29)23(32(3)30)15-33-13-10-19(14-18-6-7-18)17(2)25(33)35;1-2(3)4/h8-10,13,18H,4-7,11-12,14-16,29-30H2,1-3H3;1H3,(H,3,4)/b24-23-;. The van der Waals surface area contributed by atoms with Crippen LogP contribution >= 0.6 is 0 Å². The summed E-state index contributed by atoms with van der Waals surface area (Å²) in [4.78, 5) is 28.5. The number of alkyl halides is 2. The van der Waals surface area contributed by atoms with Crippen LogP contribution in [0.3, 0.4) is 0 Å². The number of rotatable bonds is 8. The summed E-state index contributed by atoms with van der Waals surface area (Å²) in [6.07, 6.45) is 6.14. The number of aryl methyl sites for hydroxylation is 1. The molecule has 11 heteroatoms. The summed E-state index contributed by atoms with van der Waals surface area (Å²) < 4.78 is 29.6. The molecule has 2 aromatic heterocycles. The van der Waals surface area contributed by atoms with Gasteiger partial charge in [0.2, 0.25) is 0 Å². The number of hydrogen-bond acceptors (Lipinski definition) is 7. The van der Waals surface area contributed by atoms with Gasteiger partial charge in [-0.15, -0.1) is 0 Å². The third-order valence-electron chi connectivity index (χ3n) is 7.08. The topological polar surface area (TPSA) is 131 Å². The van der Waals surface area contributed by atoms with Crippen LogP contribution in [0.1, 0.15) is 62.0 Å². The number of pyridine rings is 2. The lowest BCUT2D eigenvalue weighted by Gasteiger charge is -2.35. The lowest BCUT2D eigenvalue weighted by Crippen LogP contribution is -2.43. The van der Waals surface area contributed by atoms with Crippen LogP contribution in [0, 0.1) is 12.8 Å². The molecule has 3 heterocycles. The fourth-order valence-corrected chi connectivity index (χ4v) is 4.76. The van der Waals surface area contributed by atoms with Gasteiger partial charge in [0, 0.05) is 38.7 Å². The zero-order chi connectivity index (χ0) is 28.9. The Balaban J connectivity index is 0.000000983. The van der Waals surface area contributed by atoms with Crippen molar-refractivity contribution in [3.8, 4) is 0 Å². The number of anilines is 1. The van der Waals surface area contributed by atoms with Crippen LogP contribution in [-0.4, -0.2) is 51.7 Å². The number of nitrogens with two attached hydrogens (primary N) is 2. The first kappa shape index (κ1) is 30.1. The van der Waals surface area contributed by atoms with E-state index in [2.05, 4.69) is 0 Å². The summed E-state index contributed by atoms with van der Waals surface area (Å²) in [7, 11) is 1.67. The number of halogens is 2. The highest BCUT2D eigenvalue weighted by atomic mass is 19.3. The van der Waals surface area contributed by atoms with E-state index in [0.29, 0.717) is 53.8 Å². The Bertz CT molecular complexity index is 1270. The average molecular weight is 547 g/mol. The van der Waals surface area contributed by atoms with Crippen LogP contribution in [0.5, 0.6) is 0 Å². The predicted molar refractivity (Wildman–Crippen MR) is 148 cm³/mol. The van der Waals surface area contributed by atoms with Crippen molar-refractivity contribution < 1.29 is 18.7 Å². The van der Waals surface area contributed by atoms with E-state index >= 15 is 0 Å². The van der Waals surface area contributed by atoms with Gasteiger partial charge in [0.25, 0.3) is 17.5 Å². The molecule has 2 aliphatic rings. The van der Waals surface area contributed by atoms with Crippen molar-refractivity contribution in [2.45, 2.75) is 71.8 Å². The van der Waals surface area contributed by atoms with Gasteiger partial charge in [-0.3, -0.25) is 9.59 Å². The second kappa shape index (κ2) is 12.6. The van der Waals surface area contributed by atoms with E-state index in [1.165, 1.54) is 17.9 Å². The van der Waals surface area contributed by atoms with Crippen LogP contribution in [0.4, 0.5) is 14.5 Å². The molecule has 0 spiro atoms. The molecule has 0 amide bonds. The second-order valence-corrected chi connectivity index (χ2v) is 10.4. The summed E-state index contributed by atoms with van der Waals surface area (Å²) in [5.41, 5.74) is 11.2. The van der Waals surface area contributed by atoms with Crippen molar-refractivity contribution in [2.75, 3.05) is 25.0 Å². The highest BCUT2D eigenvalue weighted by Gasteiger charge is 2.36. The largest absolute Gasteiger partial charge is 0.481 e. The average Bonchev–Trinajstić information content (AvgIpc) is 3.68. The number of piperidine rings is 1. The molecule has 0 aromatic carbocycles. The van der Waals surface area contributed by atoms with Gasteiger partial charge >= 0.3 is 0 Å². The first-order chi connectivity index (χ1) is 18.3. The molecule has 0 unspecified atom stereocenters. The van der Waals surface area contributed by atoms with E-state index in [-0.39, 0.29) is 25.1 Å². The Morgan fingerprint density at radius 3 is 2.51 bits per heavy atom. The van der Waals surface area contributed by atoms with Gasteiger partial charge in [-0.05, 0) is 68.7 Å². The Kier molecular flexibility index (Phi) is 9.71. The van der Waals surface area contributed by atoms with Gasteiger partial charge in [-0.25, -0.2) is 19.6 Å². The van der Waals surface area contributed by atoms with Crippen LogP contribution in [0.2, 0.25) is 0 Å². The number of aliphatic carboxylic acids is 1. The number of carbonyl (C=O) groups is 1. The number of nitrogens with zero attached hydrogens (tertiary/aromatic N) is 4. The monoisotopic (exact) mass is 546 g/mol. The van der Waals surface area contributed by atoms with E-state index in [4.69, 9.17) is 26.5 Å². The van der Waals surface area contributed by atoms with Crippen molar-refractivity contribution in [3.63, 3.8) is 0 Å². The lowest BCUT2D eigenvalue weighted by molar-refractivity contribution is -0.134. The van der Waals surface area contributed by atoms with E-state index in [1.54, 1.807) is 28.8 Å². The van der Waals surface area contributed by atoms with Crippen molar-refractivity contribution in [1.29, 1.82) is 0 Å². The molecule has 2 fully saturated rings. The molecule has 1 saturated carbocycles. The van der Waals surface area contributed by atoms with E-state index in [9.17, 15) is 13.6 Å². The summed E-state index contributed by atoms with van der Waals surface area (Å²) in [6, 6.07) is 5.56. The number of aromatic nitrogens is 2. The van der Waals surface area contributed by atoms with E-state index < -0.39 is 11.9 Å². The molecule has 5 N–H and O–H groups in total. The smallest absolute Gasteiger partial charge is 0.300 e. The SMILES string of the molecule is CC(=O)O.CCc1nc(/C(N)=C(\Cn2ccc(CC3CC3)c(C)c2=O)N(C)N)ccc1N1CCCC(F)(F)C1. The van der Waals surface area contributed by atoms with Gasteiger partial charge in [-0.2, -0.15) is 0 Å². The van der Waals surface area contributed by atoms with Crippen molar-refractivity contribution >= 4 is 17.4 Å². The van der Waals surface area contributed by atoms with E-state index in [1.807, 2.05) is 26.0 Å². The number of hydrazine groups is 1. The molecule has 9 nitrogen and oxygen atoms in total. The number of carboxylic acid groups (broad SMARTS) is 1. The molecular formula is C28H40F2N6O3. The molecule has 214 valence electrons. The van der Waals surface area contributed by atoms with Crippen LogP contribution in [0.15, 0.2) is 34.9 Å². The molecule has 0 bridgehead atoms. The molecule has 0 radical (unpaired) electrons. The first-order valence-electron chi connectivity index (χ1n) is 13.3. The number of allylic oxidation sites excluding steroid dienone is 1. The minimum absolute atomic E-state index is 0.0566. The second-order valence-electron chi connectivity index (χ2n) is 10.4. The maximum atomic E-state index is 14.0. The summed E-state index contributed by atoms with van der Waals surface area (Å²) in [6.45, 7) is 5.37. The summed E-state index contributed by atoms with van der Waals surface area (Å²) in [5.74, 6) is 3.29. The van der Waals surface area contributed by atoms with Crippen molar-refractivity contribution in [3.05, 3.63) is 63.0 Å². The number of hydrogen-bond donors (Lipinski definition) is 3. The molecule has 1 saturated heterocycles. The Hall–Kier alpha value is -3.47. The Morgan fingerprint density at radius 1 is 1.28 bits per heavy atom. The maximum absolute atomic E-state index is 14.0. The Morgan fingerprint density at radius 2 is 1.95 bits per heavy atom. The minimum atomic E-state index is -2.70. The highest BCUT2D eigenvalue weighted by molar-refractivity contribution is 5.65. The molecule has 2 aromatic rings. The van der Waals surface area contributed by atoms with Gasteiger partial charge in [0.05, 0.1) is 41.6 Å². The summed E-state index contributed by atoms with van der Waals surface area (Å²) >= 11 is 0. The fourth-order valence-electron chi connectivity index (χ4n) is 4.76. The predicted octanol–water partition coefficient (Wildman–Crippen LogP) is 3.53. The van der Waals surface area contributed by atoms with Crippen molar-refractivity contribution in [1.82, 2.24) is 14.6 Å². The number of likely N-dealkylation sites (N-methyl/N-ethyl adjacent to an activating group) is 1. The lowest BCUT2D eigenvalue weighted by atomic mass is 10.0. The van der Waals surface area contributed by atoms with Gasteiger partial charge in [0.1, 0.15) is 0 Å². The normalized spacial score (nSPS) is 17.2. The summed E-state index contributed by atoms with van der Waals surface area (Å²) in [5, 5.41) is 8.82. The highest BCUT2D eigenvalue weighted by Crippen LogP contribution is 2.33. The van der Waals surface area contributed by atoms with Crippen LogP contribution in [-0.2, 0) is 24.2 Å². The molecule has 39 heavy (non-hydrogen) atoms. The minimum Gasteiger partial charge on any atom is -0.481 e. The molecule has 1 aliphatic carbocycles. The maximum Gasteiger partial charge on any atom is 0.300 e. The third kappa shape index (κ3) is 8.01. The molecule has 4 rings (SSSR count). The van der Waals surface area contributed by atoms with Crippen LogP contribution < -0.4 is 22.0 Å².